The van der Waals surface area contributed by atoms with Crippen LogP contribution in [0.3, 0.4) is 0 Å². The van der Waals surface area contributed by atoms with E-state index < -0.39 is 0 Å². The topological polar surface area (TPSA) is 50.5 Å². The van der Waals surface area contributed by atoms with Crippen LogP contribution in [0, 0.1) is 0 Å². The molecule has 0 aliphatic carbocycles. The lowest BCUT2D eigenvalue weighted by Crippen LogP contribution is -2.46. The fraction of sp³-hybridized carbons (Fsp3) is 0.259. The molecule has 3 aromatic carbocycles. The summed E-state index contributed by atoms with van der Waals surface area (Å²) in [5.74, 6) is 0. The molecule has 0 spiro atoms. The van der Waals surface area contributed by atoms with E-state index in [2.05, 4.69) is 16.8 Å². The highest BCUT2D eigenvalue weighted by Crippen LogP contribution is 2.29. The molecule has 2 heterocycles. The maximum atomic E-state index is 13.9. The molecule has 35 heavy (non-hydrogen) atoms. The van der Waals surface area contributed by atoms with E-state index in [1.54, 1.807) is 22.8 Å². The summed E-state index contributed by atoms with van der Waals surface area (Å²) in [6.07, 6.45) is 0. The Balaban J connectivity index is 1.76. The minimum absolute atomic E-state index is 0.133. The van der Waals surface area contributed by atoms with Crippen LogP contribution in [0.1, 0.15) is 11.1 Å². The molecule has 5 rings (SSSR count). The Kier molecular flexibility index (Phi) is 6.69. The molecule has 1 aromatic heterocycles. The molecule has 0 saturated carbocycles. The quantitative estimate of drug-likeness (QED) is 0.402. The van der Waals surface area contributed by atoms with Crippen molar-refractivity contribution in [1.82, 2.24) is 14.0 Å². The van der Waals surface area contributed by atoms with Crippen molar-refractivity contribution in [2.75, 3.05) is 38.1 Å². The highest BCUT2D eigenvalue weighted by molar-refractivity contribution is 6.32. The molecule has 6 nitrogen and oxygen atoms in total. The largest absolute Gasteiger partial charge is 0.368 e. The molecule has 1 saturated heterocycles. The van der Waals surface area contributed by atoms with E-state index in [-0.39, 0.29) is 17.8 Å². The predicted molar refractivity (Wildman–Crippen MR) is 143 cm³/mol. The van der Waals surface area contributed by atoms with Crippen molar-refractivity contribution in [3.8, 4) is 0 Å². The predicted octanol–water partition coefficient (Wildman–Crippen LogP) is 4.32. The molecular weight excluding hydrogens is 483 g/mol. The number of aromatic nitrogens is 2. The Bertz CT molecular complexity index is 1490. The minimum atomic E-state index is -0.377. The molecule has 0 N–H and O–H groups in total. The van der Waals surface area contributed by atoms with Gasteiger partial charge in [0.05, 0.1) is 29.7 Å². The van der Waals surface area contributed by atoms with E-state index in [9.17, 15) is 9.59 Å². The third-order valence-corrected chi connectivity index (χ3v) is 6.98. The number of rotatable bonds is 5. The molecule has 1 aliphatic heterocycles. The summed E-state index contributed by atoms with van der Waals surface area (Å²) < 4.78 is 2.96. The first kappa shape index (κ1) is 23.7. The Morgan fingerprint density at radius 1 is 0.743 bits per heavy atom. The van der Waals surface area contributed by atoms with Crippen LogP contribution in [0.15, 0.2) is 76.3 Å². The first-order chi connectivity index (χ1) is 16.9. The van der Waals surface area contributed by atoms with Gasteiger partial charge in [0.15, 0.2) is 0 Å². The van der Waals surface area contributed by atoms with E-state index in [1.807, 2.05) is 48.5 Å². The lowest BCUT2D eigenvalue weighted by Gasteiger charge is -2.34. The lowest BCUT2D eigenvalue weighted by atomic mass is 10.1. The van der Waals surface area contributed by atoms with Gasteiger partial charge in [0.2, 0.25) is 0 Å². The summed E-state index contributed by atoms with van der Waals surface area (Å²) >= 11 is 12.7. The van der Waals surface area contributed by atoms with Gasteiger partial charge in [-0.15, -0.1) is 0 Å². The van der Waals surface area contributed by atoms with Crippen molar-refractivity contribution in [2.24, 2.45) is 0 Å². The minimum Gasteiger partial charge on any atom is -0.368 e. The van der Waals surface area contributed by atoms with E-state index in [0.717, 1.165) is 43.0 Å². The van der Waals surface area contributed by atoms with Crippen LogP contribution in [0.2, 0.25) is 10.0 Å². The van der Waals surface area contributed by atoms with E-state index >= 15 is 0 Å². The maximum Gasteiger partial charge on any atom is 0.332 e. The van der Waals surface area contributed by atoms with Crippen molar-refractivity contribution < 1.29 is 0 Å². The number of hydrogen-bond donors (Lipinski definition) is 0. The Morgan fingerprint density at radius 3 is 2.14 bits per heavy atom. The van der Waals surface area contributed by atoms with Gasteiger partial charge in [0.1, 0.15) is 0 Å². The second kappa shape index (κ2) is 9.90. The molecule has 4 aromatic rings. The summed E-state index contributed by atoms with van der Waals surface area (Å²) in [5, 5.41) is 1.57. The van der Waals surface area contributed by atoms with Gasteiger partial charge in [-0.05, 0) is 42.4 Å². The van der Waals surface area contributed by atoms with Gasteiger partial charge >= 0.3 is 5.69 Å². The molecule has 0 unspecified atom stereocenters. The van der Waals surface area contributed by atoms with Crippen molar-refractivity contribution >= 4 is 39.8 Å². The molecule has 0 bridgehead atoms. The summed E-state index contributed by atoms with van der Waals surface area (Å²) in [7, 11) is 2.09. The highest BCUT2D eigenvalue weighted by atomic mass is 35.5. The van der Waals surface area contributed by atoms with Crippen molar-refractivity contribution in [3.63, 3.8) is 0 Å². The molecule has 1 fully saturated rings. The zero-order chi connectivity index (χ0) is 24.5. The second-order valence-corrected chi connectivity index (χ2v) is 9.86. The van der Waals surface area contributed by atoms with Crippen LogP contribution in [-0.4, -0.2) is 47.3 Å². The molecular formula is C27H26Cl2N4O2. The first-order valence-electron chi connectivity index (χ1n) is 11.6. The van der Waals surface area contributed by atoms with Gasteiger partial charge in [-0.3, -0.25) is 13.9 Å². The Labute approximate surface area is 213 Å². The van der Waals surface area contributed by atoms with Crippen LogP contribution >= 0.6 is 23.2 Å². The standard InChI is InChI=1S/C27H26Cl2N4O2/c1-30-10-12-31(13-11-30)23-15-22(29)16-24-25(23)26(34)33(18-20-8-5-9-21(28)14-20)27(35)32(24)17-19-6-3-2-4-7-19/h2-9,14-16H,10-13,17-18H2,1H3. The number of likely N-dealkylation sites (N-methyl/N-ethyl adjacent to an activating group) is 1. The van der Waals surface area contributed by atoms with Crippen LogP contribution in [-0.2, 0) is 13.1 Å². The second-order valence-electron chi connectivity index (χ2n) is 8.98. The Hall–Kier alpha value is -3.06. The smallest absolute Gasteiger partial charge is 0.332 e. The van der Waals surface area contributed by atoms with Crippen molar-refractivity contribution in [3.05, 3.63) is 109 Å². The normalized spacial score (nSPS) is 14.5. The molecule has 8 heteroatoms. The number of benzene rings is 3. The Morgan fingerprint density at radius 2 is 1.43 bits per heavy atom. The van der Waals surface area contributed by atoms with Gasteiger partial charge < -0.3 is 9.80 Å². The summed E-state index contributed by atoms with van der Waals surface area (Å²) in [5.41, 5.74) is 2.38. The molecule has 0 amide bonds. The monoisotopic (exact) mass is 508 g/mol. The number of piperazine rings is 1. The van der Waals surface area contributed by atoms with Crippen LogP contribution in [0.5, 0.6) is 0 Å². The number of hydrogen-bond acceptors (Lipinski definition) is 4. The number of fused-ring (bicyclic) bond motifs is 1. The van der Waals surface area contributed by atoms with E-state index in [1.165, 1.54) is 4.57 Å². The summed E-state index contributed by atoms with van der Waals surface area (Å²) in [4.78, 5) is 32.1. The van der Waals surface area contributed by atoms with Gasteiger partial charge in [-0.25, -0.2) is 4.79 Å². The lowest BCUT2D eigenvalue weighted by molar-refractivity contribution is 0.313. The third kappa shape index (κ3) is 4.87. The van der Waals surface area contributed by atoms with Gasteiger partial charge in [-0.2, -0.15) is 0 Å². The summed E-state index contributed by atoms with van der Waals surface area (Å²) in [6.45, 7) is 3.78. The van der Waals surface area contributed by atoms with E-state index in [0.29, 0.717) is 27.5 Å². The van der Waals surface area contributed by atoms with Gasteiger partial charge in [-0.1, -0.05) is 65.7 Å². The fourth-order valence-electron chi connectivity index (χ4n) is 4.65. The maximum absolute atomic E-state index is 13.9. The number of anilines is 1. The van der Waals surface area contributed by atoms with Crippen molar-refractivity contribution in [1.29, 1.82) is 0 Å². The van der Waals surface area contributed by atoms with Crippen LogP contribution < -0.4 is 16.1 Å². The molecule has 0 atom stereocenters. The molecule has 180 valence electrons. The van der Waals surface area contributed by atoms with Crippen molar-refractivity contribution in [2.45, 2.75) is 13.1 Å². The zero-order valence-corrected chi connectivity index (χ0v) is 21.0. The van der Waals surface area contributed by atoms with E-state index in [4.69, 9.17) is 23.2 Å². The molecule has 1 aliphatic rings. The molecule has 0 radical (unpaired) electrons. The average Bonchev–Trinajstić information content (AvgIpc) is 2.85. The highest BCUT2D eigenvalue weighted by Gasteiger charge is 2.23. The third-order valence-electron chi connectivity index (χ3n) is 6.53. The van der Waals surface area contributed by atoms with Crippen LogP contribution in [0.25, 0.3) is 10.9 Å². The van der Waals surface area contributed by atoms with Gasteiger partial charge in [0.25, 0.3) is 5.56 Å². The fourth-order valence-corrected chi connectivity index (χ4v) is 5.07. The summed E-state index contributed by atoms with van der Waals surface area (Å²) in [6, 6.07) is 20.6. The SMILES string of the molecule is CN1CCN(c2cc(Cl)cc3c2c(=O)n(Cc2cccc(Cl)c2)c(=O)n3Cc2ccccc2)CC1. The zero-order valence-electron chi connectivity index (χ0n) is 19.5. The average molecular weight is 509 g/mol. The van der Waals surface area contributed by atoms with Gasteiger partial charge in [0, 0.05) is 36.2 Å². The first-order valence-corrected chi connectivity index (χ1v) is 12.3. The number of halogens is 2. The number of nitrogens with zero attached hydrogens (tertiary/aromatic N) is 4. The van der Waals surface area contributed by atoms with Crippen LogP contribution in [0.4, 0.5) is 5.69 Å².